The van der Waals surface area contributed by atoms with Crippen LogP contribution < -0.4 is 10.2 Å². The number of hydrogen-bond donors (Lipinski definition) is 2. The molecule has 0 saturated carbocycles. The van der Waals surface area contributed by atoms with Crippen molar-refractivity contribution in [2.75, 3.05) is 56.0 Å². The number of rotatable bonds is 13. The summed E-state index contributed by atoms with van der Waals surface area (Å²) in [7, 11) is 0. The van der Waals surface area contributed by atoms with Crippen molar-refractivity contribution in [2.24, 2.45) is 0 Å². The van der Waals surface area contributed by atoms with Crippen LogP contribution >= 0.6 is 0 Å². The number of piperazine rings is 1. The van der Waals surface area contributed by atoms with Crippen LogP contribution in [0.3, 0.4) is 0 Å². The highest BCUT2D eigenvalue weighted by molar-refractivity contribution is 5.76. The van der Waals surface area contributed by atoms with Gasteiger partial charge in [-0.3, -0.25) is 9.69 Å². The van der Waals surface area contributed by atoms with Gasteiger partial charge in [0.25, 0.3) is 0 Å². The predicted octanol–water partition coefficient (Wildman–Crippen LogP) is 5.40. The lowest BCUT2D eigenvalue weighted by Crippen LogP contribution is -2.47. The van der Waals surface area contributed by atoms with Gasteiger partial charge in [-0.2, -0.15) is 26.3 Å². The fourth-order valence-electron chi connectivity index (χ4n) is 5.97. The molecule has 0 spiro atoms. The Balaban J connectivity index is 1.16. The Kier molecular flexibility index (Phi) is 12.3. The third kappa shape index (κ3) is 10.3. The molecule has 1 aromatic heterocycles. The van der Waals surface area contributed by atoms with Crippen LogP contribution in [0.5, 0.6) is 0 Å². The maximum absolute atomic E-state index is 13.8. The number of pyridine rings is 1. The van der Waals surface area contributed by atoms with Gasteiger partial charge in [0, 0.05) is 70.0 Å². The number of alkyl halides is 6. The van der Waals surface area contributed by atoms with Crippen LogP contribution in [0.15, 0.2) is 36.5 Å². The fourth-order valence-corrected chi connectivity index (χ4v) is 5.97. The average molecular weight is 658 g/mol. The SMILES string of the molecule is O=CCC(O)CCCc1ccc(NC2CCN(C(=O)CCCN3CCN(c4ccc(C(F)(F)F)cn4)CC3)CC2)cc1C(F)(F)F. The van der Waals surface area contributed by atoms with Crippen molar-refractivity contribution in [2.45, 2.75) is 75.9 Å². The standard InChI is InChI=1S/C32H41F6N5O3/c33-31(34,35)24-7-9-29(39-22-24)42-18-16-41(17-19-42)13-2-5-30(46)43-14-10-25(11-15-43)40-26-8-6-23(28(21-26)32(36,37)38)3-1-4-27(45)12-20-44/h6-9,20-22,25,27,40,45H,1-5,10-19H2. The van der Waals surface area contributed by atoms with Crippen molar-refractivity contribution in [1.82, 2.24) is 14.8 Å². The van der Waals surface area contributed by atoms with Crippen molar-refractivity contribution in [3.8, 4) is 0 Å². The van der Waals surface area contributed by atoms with Gasteiger partial charge in [-0.15, -0.1) is 0 Å². The second kappa shape index (κ2) is 15.9. The van der Waals surface area contributed by atoms with E-state index in [0.29, 0.717) is 76.1 Å². The molecule has 2 saturated heterocycles. The predicted molar refractivity (Wildman–Crippen MR) is 161 cm³/mol. The minimum atomic E-state index is -4.53. The van der Waals surface area contributed by atoms with E-state index < -0.39 is 29.6 Å². The number of carbonyl (C=O) groups is 2. The first kappa shape index (κ1) is 35.5. The molecule has 2 aliphatic heterocycles. The van der Waals surface area contributed by atoms with Crippen LogP contribution in [0.4, 0.5) is 37.8 Å². The van der Waals surface area contributed by atoms with Crippen LogP contribution in [-0.4, -0.2) is 90.0 Å². The summed E-state index contributed by atoms with van der Waals surface area (Å²) < 4.78 is 79.8. The smallest absolute Gasteiger partial charge is 0.393 e. The second-order valence-electron chi connectivity index (χ2n) is 12.0. The summed E-state index contributed by atoms with van der Waals surface area (Å²) in [5.41, 5.74) is -0.970. The highest BCUT2D eigenvalue weighted by atomic mass is 19.4. The molecule has 3 heterocycles. The molecule has 1 atom stereocenters. The molecule has 4 rings (SSSR count). The summed E-state index contributed by atoms with van der Waals surface area (Å²) in [4.78, 5) is 33.3. The lowest BCUT2D eigenvalue weighted by Gasteiger charge is -2.36. The first-order valence-electron chi connectivity index (χ1n) is 15.7. The number of likely N-dealkylation sites (tertiary alicyclic amines) is 1. The minimum absolute atomic E-state index is 0.0332. The maximum Gasteiger partial charge on any atom is 0.417 e. The van der Waals surface area contributed by atoms with Gasteiger partial charge >= 0.3 is 12.4 Å². The number of aldehydes is 1. The number of nitrogens with zero attached hydrogens (tertiary/aromatic N) is 4. The normalized spacial score (nSPS) is 17.6. The molecule has 0 radical (unpaired) electrons. The summed E-state index contributed by atoms with van der Waals surface area (Å²) in [6, 6.07) is 6.57. The van der Waals surface area contributed by atoms with Crippen molar-refractivity contribution < 1.29 is 41.0 Å². The number of halogens is 6. The summed E-state index contributed by atoms with van der Waals surface area (Å²) in [6.07, 6.45) is -5.37. The fraction of sp³-hybridized carbons (Fsp3) is 0.594. The maximum atomic E-state index is 13.8. The zero-order valence-corrected chi connectivity index (χ0v) is 25.6. The van der Waals surface area contributed by atoms with Gasteiger partial charge in [0.15, 0.2) is 0 Å². The van der Waals surface area contributed by atoms with Gasteiger partial charge < -0.3 is 25.0 Å². The minimum Gasteiger partial charge on any atom is -0.393 e. The number of aromatic nitrogens is 1. The van der Waals surface area contributed by atoms with Crippen molar-refractivity contribution >= 4 is 23.7 Å². The van der Waals surface area contributed by atoms with E-state index in [-0.39, 0.29) is 36.8 Å². The number of carbonyl (C=O) groups excluding carboxylic acids is 2. The topological polar surface area (TPSA) is 89.0 Å². The number of aliphatic hydroxyl groups excluding tert-OH is 1. The molecule has 2 N–H and O–H groups in total. The molecule has 46 heavy (non-hydrogen) atoms. The highest BCUT2D eigenvalue weighted by Crippen LogP contribution is 2.35. The molecule has 2 fully saturated rings. The van der Waals surface area contributed by atoms with E-state index in [1.165, 1.54) is 12.1 Å². The number of aryl methyl sites for hydroxylation is 1. The monoisotopic (exact) mass is 657 g/mol. The van der Waals surface area contributed by atoms with Crippen LogP contribution in [-0.2, 0) is 28.4 Å². The highest BCUT2D eigenvalue weighted by Gasteiger charge is 2.34. The number of benzene rings is 1. The van der Waals surface area contributed by atoms with E-state index in [2.05, 4.69) is 15.2 Å². The molecule has 1 unspecified atom stereocenters. The van der Waals surface area contributed by atoms with Crippen LogP contribution in [0.2, 0.25) is 0 Å². The van der Waals surface area contributed by atoms with Crippen LogP contribution in [0, 0.1) is 0 Å². The first-order valence-corrected chi connectivity index (χ1v) is 15.7. The molecule has 254 valence electrons. The van der Waals surface area contributed by atoms with Gasteiger partial charge in [0.2, 0.25) is 5.91 Å². The number of anilines is 2. The summed E-state index contributed by atoms with van der Waals surface area (Å²) >= 11 is 0. The molecule has 0 aliphatic carbocycles. The zero-order valence-electron chi connectivity index (χ0n) is 25.6. The number of hydrogen-bond acceptors (Lipinski definition) is 7. The Bertz CT molecular complexity index is 1270. The van der Waals surface area contributed by atoms with E-state index in [9.17, 15) is 41.0 Å². The lowest BCUT2D eigenvalue weighted by molar-refractivity contribution is -0.138. The summed E-state index contributed by atoms with van der Waals surface area (Å²) in [5.74, 6) is 0.562. The van der Waals surface area contributed by atoms with Crippen molar-refractivity contribution in [3.05, 3.63) is 53.2 Å². The van der Waals surface area contributed by atoms with Gasteiger partial charge in [0.1, 0.15) is 12.1 Å². The van der Waals surface area contributed by atoms with E-state index in [0.717, 1.165) is 38.0 Å². The third-order valence-corrected chi connectivity index (χ3v) is 8.62. The second-order valence-corrected chi connectivity index (χ2v) is 12.0. The van der Waals surface area contributed by atoms with E-state index >= 15 is 0 Å². The Morgan fingerprint density at radius 3 is 2.30 bits per heavy atom. The summed E-state index contributed by atoms with van der Waals surface area (Å²) in [6.45, 7) is 4.46. The molecular formula is C32H41F6N5O3. The van der Waals surface area contributed by atoms with Crippen molar-refractivity contribution in [3.63, 3.8) is 0 Å². The molecule has 14 heteroatoms. The van der Waals surface area contributed by atoms with Gasteiger partial charge in [-0.1, -0.05) is 6.07 Å². The number of piperidine rings is 1. The summed E-state index contributed by atoms with van der Waals surface area (Å²) in [5, 5.41) is 12.9. The Morgan fingerprint density at radius 2 is 1.70 bits per heavy atom. The van der Waals surface area contributed by atoms with Gasteiger partial charge in [0.05, 0.1) is 17.2 Å². The zero-order chi connectivity index (χ0) is 33.3. The number of aliphatic hydroxyl groups is 1. The quantitative estimate of drug-likeness (QED) is 0.221. The molecule has 0 bridgehead atoms. The Morgan fingerprint density at radius 1 is 0.978 bits per heavy atom. The molecule has 2 aliphatic rings. The lowest BCUT2D eigenvalue weighted by atomic mass is 9.98. The Hall–Kier alpha value is -3.39. The number of amides is 1. The molecule has 2 aromatic rings. The Labute approximate surface area is 264 Å². The van der Waals surface area contributed by atoms with Crippen LogP contribution in [0.1, 0.15) is 61.6 Å². The average Bonchev–Trinajstić information content (AvgIpc) is 3.01. The third-order valence-electron chi connectivity index (χ3n) is 8.62. The van der Waals surface area contributed by atoms with Gasteiger partial charge in [-0.05, 0) is 74.9 Å². The largest absolute Gasteiger partial charge is 0.417 e. The molecule has 8 nitrogen and oxygen atoms in total. The van der Waals surface area contributed by atoms with E-state index in [1.54, 1.807) is 11.0 Å². The van der Waals surface area contributed by atoms with E-state index in [4.69, 9.17) is 0 Å². The molecule has 1 amide bonds. The molecular weight excluding hydrogens is 616 g/mol. The van der Waals surface area contributed by atoms with Crippen LogP contribution in [0.25, 0.3) is 0 Å². The van der Waals surface area contributed by atoms with Gasteiger partial charge in [-0.25, -0.2) is 4.98 Å². The van der Waals surface area contributed by atoms with E-state index in [1.807, 2.05) is 4.90 Å². The molecule has 1 aromatic carbocycles. The number of nitrogens with one attached hydrogen (secondary N) is 1. The first-order chi connectivity index (χ1) is 21.8. The van der Waals surface area contributed by atoms with Crippen molar-refractivity contribution in [1.29, 1.82) is 0 Å².